The minimum atomic E-state index is -0.735. The van der Waals surface area contributed by atoms with Crippen molar-refractivity contribution in [2.24, 2.45) is 0 Å². The molecule has 7 nitrogen and oxygen atoms in total. The summed E-state index contributed by atoms with van der Waals surface area (Å²) in [5.74, 6) is -1.59. The van der Waals surface area contributed by atoms with Crippen molar-refractivity contribution in [2.75, 3.05) is 5.32 Å². The minimum absolute atomic E-state index is 0.201. The molecule has 3 aromatic carbocycles. The van der Waals surface area contributed by atoms with Crippen LogP contribution in [0.4, 0.5) is 14.5 Å². The summed E-state index contributed by atoms with van der Waals surface area (Å²) in [6.45, 7) is 1.92. The highest BCUT2D eigenvalue weighted by Crippen LogP contribution is 2.26. The molecule has 0 bridgehead atoms. The van der Waals surface area contributed by atoms with E-state index < -0.39 is 22.8 Å². The van der Waals surface area contributed by atoms with Crippen LogP contribution in [0.15, 0.2) is 82.7 Å². The van der Waals surface area contributed by atoms with Gasteiger partial charge in [0.25, 0.3) is 5.56 Å². The molecule has 176 valence electrons. The third kappa shape index (κ3) is 4.40. The summed E-state index contributed by atoms with van der Waals surface area (Å²) < 4.78 is 30.7. The van der Waals surface area contributed by atoms with E-state index in [1.165, 1.54) is 0 Å². The minimum Gasteiger partial charge on any atom is -0.323 e. The van der Waals surface area contributed by atoms with Crippen molar-refractivity contribution >= 4 is 40.0 Å². The molecule has 5 aromatic rings. The zero-order valence-corrected chi connectivity index (χ0v) is 19.3. The van der Waals surface area contributed by atoms with Crippen molar-refractivity contribution in [1.82, 2.24) is 19.2 Å². The number of fused-ring (bicyclic) bond motifs is 3. The van der Waals surface area contributed by atoms with Crippen molar-refractivity contribution in [3.05, 3.63) is 100 Å². The lowest BCUT2D eigenvalue weighted by Crippen LogP contribution is -2.25. The second-order valence-corrected chi connectivity index (χ2v) is 9.19. The molecule has 0 saturated carbocycles. The molecule has 2 aromatic heterocycles. The summed E-state index contributed by atoms with van der Waals surface area (Å²) in [4.78, 5) is 26.0. The van der Waals surface area contributed by atoms with Crippen molar-refractivity contribution in [3.8, 4) is 0 Å². The molecule has 1 atom stereocenters. The Balaban J connectivity index is 1.53. The number of aromatic nitrogens is 4. The fourth-order valence-electron chi connectivity index (χ4n) is 3.76. The largest absolute Gasteiger partial charge is 0.323 e. The Bertz CT molecular complexity index is 1620. The van der Waals surface area contributed by atoms with Gasteiger partial charge in [-0.3, -0.25) is 18.6 Å². The summed E-state index contributed by atoms with van der Waals surface area (Å²) in [6.07, 6.45) is 0. The van der Waals surface area contributed by atoms with Crippen molar-refractivity contribution < 1.29 is 13.6 Å². The number of carbonyl (C=O) groups is 1. The van der Waals surface area contributed by atoms with Gasteiger partial charge in [-0.2, -0.15) is 0 Å². The van der Waals surface area contributed by atoms with E-state index in [-0.39, 0.29) is 11.2 Å². The first-order valence-electron chi connectivity index (χ1n) is 10.8. The van der Waals surface area contributed by atoms with Crippen molar-refractivity contribution in [3.63, 3.8) is 0 Å². The average Bonchev–Trinajstić information content (AvgIpc) is 3.28. The van der Waals surface area contributed by atoms with E-state index in [2.05, 4.69) is 15.5 Å². The van der Waals surface area contributed by atoms with Crippen LogP contribution in [0.5, 0.6) is 0 Å². The van der Waals surface area contributed by atoms with E-state index >= 15 is 0 Å². The topological polar surface area (TPSA) is 81.3 Å². The first-order chi connectivity index (χ1) is 16.9. The second-order valence-electron chi connectivity index (χ2n) is 7.89. The molecular formula is C25H19F2N5O2S. The Labute approximate surface area is 202 Å². The molecule has 1 N–H and O–H groups in total. The van der Waals surface area contributed by atoms with Crippen LogP contribution in [-0.2, 0) is 11.3 Å². The number of benzene rings is 3. The van der Waals surface area contributed by atoms with Crippen molar-refractivity contribution in [1.29, 1.82) is 0 Å². The average molecular weight is 492 g/mol. The van der Waals surface area contributed by atoms with Crippen LogP contribution < -0.4 is 10.9 Å². The number of para-hydroxylation sites is 1. The van der Waals surface area contributed by atoms with E-state index in [4.69, 9.17) is 0 Å². The van der Waals surface area contributed by atoms with E-state index in [9.17, 15) is 18.4 Å². The standard InChI is InChI=1S/C25H19F2N5O2S/c1-15(22(33)28-20-13-17(26)11-12-19(20)27)35-25-30-29-24-31(14-16-7-3-2-4-8-16)23(34)18-9-5-6-10-21(18)32(24)25/h2-13,15H,14H2,1H3,(H,28,33). The van der Waals surface area contributed by atoms with Crippen LogP contribution in [0.25, 0.3) is 16.7 Å². The molecule has 35 heavy (non-hydrogen) atoms. The highest BCUT2D eigenvalue weighted by molar-refractivity contribution is 8.00. The Morgan fingerprint density at radius 2 is 1.77 bits per heavy atom. The lowest BCUT2D eigenvalue weighted by Gasteiger charge is -2.14. The summed E-state index contributed by atoms with van der Waals surface area (Å²) >= 11 is 1.10. The number of hydrogen-bond acceptors (Lipinski definition) is 5. The van der Waals surface area contributed by atoms with Gasteiger partial charge in [0.2, 0.25) is 11.7 Å². The van der Waals surface area contributed by atoms with Crippen LogP contribution >= 0.6 is 11.8 Å². The lowest BCUT2D eigenvalue weighted by atomic mass is 10.2. The summed E-state index contributed by atoms with van der Waals surface area (Å²) in [6, 6.07) is 19.5. The van der Waals surface area contributed by atoms with Crippen LogP contribution in [-0.4, -0.2) is 30.3 Å². The quantitative estimate of drug-likeness (QED) is 0.354. The summed E-state index contributed by atoms with van der Waals surface area (Å²) in [7, 11) is 0. The van der Waals surface area contributed by atoms with Crippen molar-refractivity contribution in [2.45, 2.75) is 23.9 Å². The highest BCUT2D eigenvalue weighted by atomic mass is 32.2. The number of thioether (sulfide) groups is 1. The number of carbonyl (C=O) groups excluding carboxylic acids is 1. The first kappa shape index (κ1) is 22.7. The molecule has 0 radical (unpaired) electrons. The molecule has 10 heteroatoms. The van der Waals surface area contributed by atoms with Gasteiger partial charge in [0.1, 0.15) is 11.6 Å². The van der Waals surface area contributed by atoms with Crippen LogP contribution in [0.3, 0.4) is 0 Å². The van der Waals surface area contributed by atoms with Crippen LogP contribution in [0, 0.1) is 11.6 Å². The lowest BCUT2D eigenvalue weighted by molar-refractivity contribution is -0.115. The Kier molecular flexibility index (Phi) is 6.04. The molecule has 0 aliphatic carbocycles. The number of amides is 1. The molecule has 1 unspecified atom stereocenters. The number of hydrogen-bond donors (Lipinski definition) is 1. The molecule has 1 amide bonds. The maximum Gasteiger partial charge on any atom is 0.263 e. The SMILES string of the molecule is CC(Sc1nnc2n(Cc3ccccc3)c(=O)c3ccccc3n12)C(=O)Nc1cc(F)ccc1F. The normalized spacial score (nSPS) is 12.2. The Hall–Kier alpha value is -4.05. The highest BCUT2D eigenvalue weighted by Gasteiger charge is 2.22. The van der Waals surface area contributed by atoms with Crippen LogP contribution in [0.2, 0.25) is 0 Å². The van der Waals surface area contributed by atoms with E-state index in [0.717, 1.165) is 35.5 Å². The number of rotatable bonds is 6. The van der Waals surface area contributed by atoms with Gasteiger partial charge in [0.15, 0.2) is 5.16 Å². The second kappa shape index (κ2) is 9.30. The number of nitrogens with zero attached hydrogens (tertiary/aromatic N) is 4. The van der Waals surface area contributed by atoms with Gasteiger partial charge in [-0.15, -0.1) is 10.2 Å². The van der Waals surface area contributed by atoms with Gasteiger partial charge in [-0.25, -0.2) is 8.78 Å². The van der Waals surface area contributed by atoms with Gasteiger partial charge in [0, 0.05) is 6.07 Å². The Morgan fingerprint density at radius 3 is 2.57 bits per heavy atom. The molecule has 2 heterocycles. The van der Waals surface area contributed by atoms with E-state index in [0.29, 0.717) is 28.4 Å². The third-order valence-electron chi connectivity index (χ3n) is 5.50. The van der Waals surface area contributed by atoms with Crippen LogP contribution in [0.1, 0.15) is 12.5 Å². The fourth-order valence-corrected chi connectivity index (χ4v) is 4.61. The predicted molar refractivity (Wildman–Crippen MR) is 131 cm³/mol. The maximum absolute atomic E-state index is 14.0. The first-order valence-corrected chi connectivity index (χ1v) is 11.6. The van der Waals surface area contributed by atoms with Gasteiger partial charge in [-0.05, 0) is 36.8 Å². The monoisotopic (exact) mass is 491 g/mol. The maximum atomic E-state index is 14.0. The number of nitrogens with one attached hydrogen (secondary N) is 1. The fraction of sp³-hybridized carbons (Fsp3) is 0.120. The van der Waals surface area contributed by atoms with E-state index in [1.807, 2.05) is 30.3 Å². The molecule has 0 fully saturated rings. The molecule has 0 spiro atoms. The third-order valence-corrected chi connectivity index (χ3v) is 6.54. The number of halogens is 2. The zero-order valence-electron chi connectivity index (χ0n) is 18.5. The summed E-state index contributed by atoms with van der Waals surface area (Å²) in [5.41, 5.74) is 1.09. The molecule has 0 aliphatic rings. The van der Waals surface area contributed by atoms with Gasteiger partial charge in [-0.1, -0.05) is 54.2 Å². The smallest absolute Gasteiger partial charge is 0.263 e. The van der Waals surface area contributed by atoms with Gasteiger partial charge >= 0.3 is 0 Å². The molecule has 5 rings (SSSR count). The number of anilines is 1. The molecule has 0 aliphatic heterocycles. The molecule has 0 saturated heterocycles. The Morgan fingerprint density at radius 1 is 1.03 bits per heavy atom. The van der Waals surface area contributed by atoms with E-state index in [1.54, 1.807) is 40.2 Å². The zero-order chi connectivity index (χ0) is 24.5. The predicted octanol–water partition coefficient (Wildman–Crippen LogP) is 4.49. The van der Waals surface area contributed by atoms with Gasteiger partial charge in [0.05, 0.1) is 28.4 Å². The van der Waals surface area contributed by atoms with Gasteiger partial charge < -0.3 is 5.32 Å². The summed E-state index contributed by atoms with van der Waals surface area (Å²) in [5, 5.41) is 11.1. The molecular weight excluding hydrogens is 472 g/mol.